The molecule has 0 saturated heterocycles. The predicted molar refractivity (Wildman–Crippen MR) is 103 cm³/mol. The Hall–Kier alpha value is -1.13. The van der Waals surface area contributed by atoms with E-state index in [4.69, 9.17) is 0 Å². The maximum atomic E-state index is 2.39. The standard InChI is InChI=1S/C21H29P/c1-14-12-17(4)20(18(5)13-14)22(21(6,7)8)19-15(2)10-9-11-16(19)3/h9-13H,1-8H3. The van der Waals surface area contributed by atoms with Crippen molar-refractivity contribution in [1.82, 2.24) is 0 Å². The van der Waals surface area contributed by atoms with Gasteiger partial charge in [0.25, 0.3) is 0 Å². The molecule has 0 spiro atoms. The highest BCUT2D eigenvalue weighted by atomic mass is 31.1. The topological polar surface area (TPSA) is 0 Å². The first-order chi connectivity index (χ1) is 10.1. The van der Waals surface area contributed by atoms with E-state index in [0.717, 1.165) is 0 Å². The van der Waals surface area contributed by atoms with E-state index >= 15 is 0 Å². The molecule has 1 heteroatoms. The van der Waals surface area contributed by atoms with Crippen molar-refractivity contribution in [3.8, 4) is 0 Å². The van der Waals surface area contributed by atoms with Crippen LogP contribution in [0.4, 0.5) is 0 Å². The maximum Gasteiger partial charge on any atom is -0.00988 e. The summed E-state index contributed by atoms with van der Waals surface area (Å²) < 4.78 is 0. The number of benzene rings is 2. The van der Waals surface area contributed by atoms with Crippen LogP contribution in [0.2, 0.25) is 0 Å². The average molecular weight is 312 g/mol. The summed E-state index contributed by atoms with van der Waals surface area (Å²) in [6, 6.07) is 11.4. The third-order valence-corrected chi connectivity index (χ3v) is 7.84. The van der Waals surface area contributed by atoms with Gasteiger partial charge in [-0.3, -0.25) is 0 Å². The van der Waals surface area contributed by atoms with Crippen molar-refractivity contribution < 1.29 is 0 Å². The second kappa shape index (κ2) is 6.17. The highest BCUT2D eigenvalue weighted by molar-refractivity contribution is 7.74. The van der Waals surface area contributed by atoms with Crippen LogP contribution in [0.1, 0.15) is 48.6 Å². The lowest BCUT2D eigenvalue weighted by Crippen LogP contribution is -2.31. The molecule has 1 unspecified atom stereocenters. The Balaban J connectivity index is 2.79. The van der Waals surface area contributed by atoms with E-state index < -0.39 is 0 Å². The first-order valence-electron chi connectivity index (χ1n) is 8.07. The van der Waals surface area contributed by atoms with Crippen LogP contribution in [-0.2, 0) is 0 Å². The predicted octanol–water partition coefficient (Wildman–Crippen LogP) is 5.46. The zero-order valence-electron chi connectivity index (χ0n) is 15.3. The molecule has 0 saturated carbocycles. The van der Waals surface area contributed by atoms with Gasteiger partial charge in [-0.05, 0) is 80.6 Å². The van der Waals surface area contributed by atoms with Gasteiger partial charge in [-0.1, -0.05) is 56.7 Å². The molecule has 0 bridgehead atoms. The molecular weight excluding hydrogens is 283 g/mol. The average Bonchev–Trinajstić information content (AvgIpc) is 2.34. The summed E-state index contributed by atoms with van der Waals surface area (Å²) in [4.78, 5) is 0. The lowest BCUT2D eigenvalue weighted by Gasteiger charge is -2.36. The van der Waals surface area contributed by atoms with E-state index in [1.54, 1.807) is 10.6 Å². The minimum Gasteiger partial charge on any atom is -0.0617 e. The third-order valence-electron chi connectivity index (χ3n) is 4.19. The van der Waals surface area contributed by atoms with E-state index in [1.165, 1.54) is 27.8 Å². The van der Waals surface area contributed by atoms with E-state index in [-0.39, 0.29) is 13.1 Å². The Morgan fingerprint density at radius 2 is 1.09 bits per heavy atom. The Morgan fingerprint density at radius 1 is 0.682 bits per heavy atom. The number of rotatable bonds is 2. The van der Waals surface area contributed by atoms with Crippen LogP contribution in [0.5, 0.6) is 0 Å². The Labute approximate surface area is 137 Å². The second-order valence-electron chi connectivity index (χ2n) is 7.49. The first-order valence-corrected chi connectivity index (χ1v) is 9.41. The molecule has 0 aliphatic carbocycles. The molecule has 0 nitrogen and oxygen atoms in total. The molecule has 1 atom stereocenters. The third kappa shape index (κ3) is 3.28. The van der Waals surface area contributed by atoms with Gasteiger partial charge >= 0.3 is 0 Å². The number of aryl methyl sites for hydroxylation is 5. The molecule has 0 radical (unpaired) electrons. The summed E-state index contributed by atoms with van der Waals surface area (Å²) in [5, 5.41) is 3.39. The van der Waals surface area contributed by atoms with Gasteiger partial charge in [0.2, 0.25) is 0 Å². The van der Waals surface area contributed by atoms with Gasteiger partial charge in [-0.15, -0.1) is 0 Å². The SMILES string of the molecule is Cc1cc(C)c(P(c2c(C)cccc2C)C(C)(C)C)c(C)c1. The monoisotopic (exact) mass is 312 g/mol. The molecule has 2 rings (SSSR count). The highest BCUT2D eigenvalue weighted by Crippen LogP contribution is 2.50. The van der Waals surface area contributed by atoms with Gasteiger partial charge in [0.1, 0.15) is 0 Å². The van der Waals surface area contributed by atoms with Gasteiger partial charge in [0, 0.05) is 0 Å². The smallest absolute Gasteiger partial charge is 0.00988 e. The van der Waals surface area contributed by atoms with Gasteiger partial charge < -0.3 is 0 Å². The van der Waals surface area contributed by atoms with Crippen molar-refractivity contribution in [3.05, 3.63) is 58.1 Å². The molecule has 118 valence electrons. The zero-order valence-corrected chi connectivity index (χ0v) is 16.2. The zero-order chi connectivity index (χ0) is 16.7. The van der Waals surface area contributed by atoms with Crippen molar-refractivity contribution in [1.29, 1.82) is 0 Å². The maximum absolute atomic E-state index is 2.39. The molecule has 0 aliphatic heterocycles. The molecule has 0 N–H and O–H groups in total. The van der Waals surface area contributed by atoms with Crippen LogP contribution in [0.3, 0.4) is 0 Å². The normalized spacial score (nSPS) is 13.3. The van der Waals surface area contributed by atoms with Crippen molar-refractivity contribution in [3.63, 3.8) is 0 Å². The van der Waals surface area contributed by atoms with Gasteiger partial charge in [0.05, 0.1) is 0 Å². The van der Waals surface area contributed by atoms with E-state index in [1.807, 2.05) is 0 Å². The molecule has 22 heavy (non-hydrogen) atoms. The minimum absolute atomic E-state index is 0.247. The fourth-order valence-electron chi connectivity index (χ4n) is 3.47. The second-order valence-corrected chi connectivity index (χ2v) is 10.4. The van der Waals surface area contributed by atoms with Crippen molar-refractivity contribution >= 4 is 18.5 Å². The minimum atomic E-state index is -0.388. The summed E-state index contributed by atoms with van der Waals surface area (Å²) in [7, 11) is -0.388. The summed E-state index contributed by atoms with van der Waals surface area (Å²) in [6.07, 6.45) is 0. The fourth-order valence-corrected chi connectivity index (χ4v) is 6.72. The molecule has 0 heterocycles. The molecule has 0 amide bonds. The fraction of sp³-hybridized carbons (Fsp3) is 0.429. The lowest BCUT2D eigenvalue weighted by atomic mass is 10.1. The summed E-state index contributed by atoms with van der Waals surface area (Å²) in [6.45, 7) is 18.5. The van der Waals surface area contributed by atoms with Crippen LogP contribution in [0, 0.1) is 34.6 Å². The van der Waals surface area contributed by atoms with Crippen LogP contribution in [0.25, 0.3) is 0 Å². The van der Waals surface area contributed by atoms with E-state index in [2.05, 4.69) is 85.7 Å². The quantitative estimate of drug-likeness (QED) is 0.646. The molecule has 0 aliphatic rings. The number of hydrogen-bond acceptors (Lipinski definition) is 0. The Kier molecular flexibility index (Phi) is 4.83. The van der Waals surface area contributed by atoms with Crippen LogP contribution < -0.4 is 10.6 Å². The van der Waals surface area contributed by atoms with E-state index in [9.17, 15) is 0 Å². The van der Waals surface area contributed by atoms with Crippen molar-refractivity contribution in [2.45, 2.75) is 60.5 Å². The van der Waals surface area contributed by atoms with Crippen LogP contribution >= 0.6 is 7.92 Å². The van der Waals surface area contributed by atoms with Crippen molar-refractivity contribution in [2.24, 2.45) is 0 Å². The van der Waals surface area contributed by atoms with Gasteiger partial charge in [-0.2, -0.15) is 0 Å². The Morgan fingerprint density at radius 3 is 1.50 bits per heavy atom. The van der Waals surface area contributed by atoms with Gasteiger partial charge in [0.15, 0.2) is 0 Å². The molecule has 2 aromatic carbocycles. The van der Waals surface area contributed by atoms with Gasteiger partial charge in [-0.25, -0.2) is 0 Å². The molecule has 2 aromatic rings. The van der Waals surface area contributed by atoms with Crippen molar-refractivity contribution in [2.75, 3.05) is 0 Å². The summed E-state index contributed by atoms with van der Waals surface area (Å²) in [5.74, 6) is 0. The first kappa shape index (κ1) is 17.2. The summed E-state index contributed by atoms with van der Waals surface area (Å²) in [5.41, 5.74) is 7.12. The number of hydrogen-bond donors (Lipinski definition) is 0. The summed E-state index contributed by atoms with van der Waals surface area (Å²) >= 11 is 0. The highest BCUT2D eigenvalue weighted by Gasteiger charge is 2.31. The van der Waals surface area contributed by atoms with E-state index in [0.29, 0.717) is 0 Å². The Bertz CT molecular complexity index is 646. The lowest BCUT2D eigenvalue weighted by molar-refractivity contribution is 0.792. The largest absolute Gasteiger partial charge is 0.0617 e. The molecule has 0 fully saturated rings. The van der Waals surface area contributed by atoms with Crippen LogP contribution in [-0.4, -0.2) is 5.16 Å². The van der Waals surface area contributed by atoms with Crippen LogP contribution in [0.15, 0.2) is 30.3 Å². The molecule has 0 aromatic heterocycles. The molecular formula is C21H29P.